The molecule has 0 aliphatic carbocycles. The molecule has 0 saturated carbocycles. The molecule has 0 nitrogen and oxygen atoms in total. The Morgan fingerprint density at radius 2 is 1.46 bits per heavy atom. The second-order valence-electron chi connectivity index (χ2n) is 3.27. The maximum atomic E-state index is 5.87. The topological polar surface area (TPSA) is 0 Å². The second kappa shape index (κ2) is 4.36. The van der Waals surface area contributed by atoms with Gasteiger partial charge in [0.15, 0.2) is 0 Å². The van der Waals surface area contributed by atoms with Crippen LogP contribution in [0.15, 0.2) is 24.3 Å². The Hall–Kier alpha value is 0.524. The summed E-state index contributed by atoms with van der Waals surface area (Å²) < 4.78 is 0. The van der Waals surface area contributed by atoms with Gasteiger partial charge in [0, 0.05) is 0 Å². The summed E-state index contributed by atoms with van der Waals surface area (Å²) in [6.07, 6.45) is 0. The van der Waals surface area contributed by atoms with E-state index in [-0.39, 0.29) is 0 Å². The summed E-state index contributed by atoms with van der Waals surface area (Å²) in [4.78, 5) is 0. The first-order chi connectivity index (χ1) is 5.91. The van der Waals surface area contributed by atoms with E-state index >= 15 is 0 Å². The lowest BCUT2D eigenvalue weighted by atomic mass is 10.4. The van der Waals surface area contributed by atoms with E-state index in [2.05, 4.69) is 25.2 Å². The van der Waals surface area contributed by atoms with Gasteiger partial charge in [0.05, 0.1) is 8.80 Å². The van der Waals surface area contributed by atoms with Gasteiger partial charge in [-0.2, -0.15) is 0 Å². The fourth-order valence-electron chi connectivity index (χ4n) is 1.06. The standard InChI is InChI=1S/C8H11Cl3Si2/c1-12(2)7-3-5-8(6-4-7)13(9,10)11/h3-6,12H,1-2H3. The molecule has 0 fully saturated rings. The fourth-order valence-corrected chi connectivity index (χ4v) is 3.70. The summed E-state index contributed by atoms with van der Waals surface area (Å²) in [7, 11) is -0.717. The molecule has 0 amide bonds. The van der Waals surface area contributed by atoms with Gasteiger partial charge in [-0.15, -0.1) is 33.2 Å². The molecular formula is C8H11Cl3Si2. The van der Waals surface area contributed by atoms with Crippen LogP contribution in [0.3, 0.4) is 0 Å². The van der Waals surface area contributed by atoms with Crippen LogP contribution in [-0.4, -0.2) is 14.8 Å². The highest BCUT2D eigenvalue weighted by molar-refractivity contribution is 7.69. The van der Waals surface area contributed by atoms with Crippen LogP contribution in [0.25, 0.3) is 0 Å². The maximum Gasteiger partial charge on any atom is 0.372 e. The van der Waals surface area contributed by atoms with Crippen LogP contribution in [0.5, 0.6) is 0 Å². The van der Waals surface area contributed by atoms with Crippen LogP contribution in [0.4, 0.5) is 0 Å². The number of hydrogen-bond acceptors (Lipinski definition) is 0. The molecule has 72 valence electrons. The molecule has 0 saturated heterocycles. The summed E-state index contributed by atoms with van der Waals surface area (Å²) in [5.74, 6) is 0. The minimum Gasteiger partial charge on any atom is -0.121 e. The van der Waals surface area contributed by atoms with Crippen molar-refractivity contribution in [3.05, 3.63) is 24.3 Å². The molecule has 0 aromatic heterocycles. The molecule has 13 heavy (non-hydrogen) atoms. The Kier molecular flexibility index (Phi) is 3.89. The van der Waals surface area contributed by atoms with Gasteiger partial charge in [-0.1, -0.05) is 42.5 Å². The molecule has 0 radical (unpaired) electrons. The predicted molar refractivity (Wildman–Crippen MR) is 67.9 cm³/mol. The average molecular weight is 270 g/mol. The third-order valence-corrected chi connectivity index (χ3v) is 6.57. The van der Waals surface area contributed by atoms with Crippen molar-refractivity contribution in [2.45, 2.75) is 13.1 Å². The molecule has 1 aromatic carbocycles. The van der Waals surface area contributed by atoms with E-state index in [9.17, 15) is 0 Å². The Bertz CT molecular complexity index is 276. The minimum absolute atomic E-state index is 0.717. The number of halogens is 3. The lowest BCUT2D eigenvalue weighted by molar-refractivity contribution is 1.79. The first kappa shape index (κ1) is 11.6. The molecule has 0 spiro atoms. The zero-order valence-corrected chi connectivity index (χ0v) is 11.9. The second-order valence-corrected chi connectivity index (χ2v) is 14.7. The Labute approximate surface area is 95.5 Å². The molecular weight excluding hydrogens is 259 g/mol. The Morgan fingerprint density at radius 3 is 1.77 bits per heavy atom. The van der Waals surface area contributed by atoms with E-state index in [4.69, 9.17) is 33.2 Å². The zero-order valence-electron chi connectivity index (χ0n) is 7.52. The molecule has 1 aromatic rings. The van der Waals surface area contributed by atoms with Crippen LogP contribution in [0.1, 0.15) is 0 Å². The van der Waals surface area contributed by atoms with Crippen molar-refractivity contribution in [2.24, 2.45) is 0 Å². The molecule has 0 heterocycles. The highest BCUT2D eigenvalue weighted by atomic mass is 35.8. The monoisotopic (exact) mass is 268 g/mol. The van der Waals surface area contributed by atoms with Crippen molar-refractivity contribution in [3.8, 4) is 0 Å². The lowest BCUT2D eigenvalue weighted by Crippen LogP contribution is -2.32. The van der Waals surface area contributed by atoms with Crippen LogP contribution < -0.4 is 10.4 Å². The first-order valence-corrected chi connectivity index (χ1v) is 12.0. The average Bonchev–Trinajstić information content (AvgIpc) is 2.03. The first-order valence-electron chi connectivity index (χ1n) is 4.08. The van der Waals surface area contributed by atoms with Crippen molar-refractivity contribution in [2.75, 3.05) is 0 Å². The summed E-state index contributed by atoms with van der Waals surface area (Å²) in [5.41, 5.74) is 0. The number of benzene rings is 1. The SMILES string of the molecule is C[SiH](C)c1ccc([Si](Cl)(Cl)Cl)cc1. The van der Waals surface area contributed by atoms with Gasteiger partial charge >= 0.3 is 6.00 Å². The summed E-state index contributed by atoms with van der Waals surface area (Å²) in [5, 5.41) is 2.28. The zero-order chi connectivity index (χ0) is 10.1. The van der Waals surface area contributed by atoms with Crippen LogP contribution in [0.2, 0.25) is 13.1 Å². The van der Waals surface area contributed by atoms with Gasteiger partial charge in [0.25, 0.3) is 0 Å². The van der Waals surface area contributed by atoms with E-state index < -0.39 is 14.8 Å². The van der Waals surface area contributed by atoms with E-state index in [0.29, 0.717) is 0 Å². The minimum atomic E-state index is -2.66. The van der Waals surface area contributed by atoms with Crippen molar-refractivity contribution in [3.63, 3.8) is 0 Å². The maximum absolute atomic E-state index is 5.87. The smallest absolute Gasteiger partial charge is 0.121 e. The Morgan fingerprint density at radius 1 is 1.00 bits per heavy atom. The quantitative estimate of drug-likeness (QED) is 0.571. The summed E-state index contributed by atoms with van der Waals surface area (Å²) in [6, 6.07) is 5.40. The van der Waals surface area contributed by atoms with E-state index in [1.807, 2.05) is 12.1 Å². The summed E-state index contributed by atoms with van der Waals surface area (Å²) in [6.45, 7) is 4.56. The largest absolute Gasteiger partial charge is 0.372 e. The lowest BCUT2D eigenvalue weighted by Gasteiger charge is -2.09. The summed E-state index contributed by atoms with van der Waals surface area (Å²) >= 11 is 17.6. The van der Waals surface area contributed by atoms with Gasteiger partial charge in [-0.05, 0) is 5.19 Å². The molecule has 0 bridgehead atoms. The highest BCUT2D eigenvalue weighted by Gasteiger charge is 2.27. The molecule has 1 rings (SSSR count). The van der Waals surface area contributed by atoms with Crippen LogP contribution >= 0.6 is 33.2 Å². The van der Waals surface area contributed by atoms with Gasteiger partial charge in [0.2, 0.25) is 0 Å². The van der Waals surface area contributed by atoms with Gasteiger partial charge in [0.1, 0.15) is 0 Å². The van der Waals surface area contributed by atoms with E-state index in [1.165, 1.54) is 5.19 Å². The highest BCUT2D eigenvalue weighted by Crippen LogP contribution is 2.18. The number of rotatable bonds is 2. The predicted octanol–water partition coefficient (Wildman–Crippen LogP) is 2.24. The molecule has 0 N–H and O–H groups in total. The van der Waals surface area contributed by atoms with Crippen molar-refractivity contribution < 1.29 is 0 Å². The van der Waals surface area contributed by atoms with Gasteiger partial charge in [-0.3, -0.25) is 0 Å². The third-order valence-electron chi connectivity index (χ3n) is 1.90. The molecule has 5 heteroatoms. The van der Waals surface area contributed by atoms with Crippen molar-refractivity contribution in [1.29, 1.82) is 0 Å². The van der Waals surface area contributed by atoms with Crippen LogP contribution in [0, 0.1) is 0 Å². The van der Waals surface area contributed by atoms with E-state index in [0.717, 1.165) is 5.19 Å². The van der Waals surface area contributed by atoms with Gasteiger partial charge < -0.3 is 0 Å². The molecule has 0 atom stereocenters. The van der Waals surface area contributed by atoms with E-state index in [1.54, 1.807) is 0 Å². The molecule has 0 unspecified atom stereocenters. The Balaban J connectivity index is 2.94. The van der Waals surface area contributed by atoms with Gasteiger partial charge in [-0.25, -0.2) is 0 Å². The van der Waals surface area contributed by atoms with Crippen molar-refractivity contribution >= 4 is 58.4 Å². The fraction of sp³-hybridized carbons (Fsp3) is 0.250. The van der Waals surface area contributed by atoms with Crippen LogP contribution in [-0.2, 0) is 0 Å². The number of hydrogen-bond donors (Lipinski definition) is 0. The van der Waals surface area contributed by atoms with Crippen molar-refractivity contribution in [1.82, 2.24) is 0 Å². The molecule has 0 aliphatic rings. The third kappa shape index (κ3) is 3.29. The normalized spacial score (nSPS) is 12.2. The molecule has 0 aliphatic heterocycles.